The first-order valence-corrected chi connectivity index (χ1v) is 9.79. The Kier molecular flexibility index (Phi) is 5.82. The van der Waals surface area contributed by atoms with Crippen LogP contribution in [0.15, 0.2) is 120 Å². The minimum absolute atomic E-state index is 0.0573. The topological polar surface area (TPSA) is 32.6 Å². The second-order valence-corrected chi connectivity index (χ2v) is 6.99. The molecule has 0 spiro atoms. The largest absolute Gasteiger partial charge is 0.507 e. The molecule has 4 rings (SSSR count). The Labute approximate surface area is 171 Å². The van der Waals surface area contributed by atoms with Gasteiger partial charge in [0.2, 0.25) is 0 Å². The number of nitrogens with zero attached hydrogens (tertiary/aromatic N) is 1. The van der Waals surface area contributed by atoms with Crippen LogP contribution in [0.2, 0.25) is 0 Å². The molecule has 0 fully saturated rings. The fourth-order valence-corrected chi connectivity index (χ4v) is 3.65. The molecule has 0 aliphatic heterocycles. The van der Waals surface area contributed by atoms with Gasteiger partial charge in [-0.1, -0.05) is 103 Å². The second kappa shape index (κ2) is 9.03. The van der Waals surface area contributed by atoms with Crippen LogP contribution in [-0.2, 0) is 0 Å². The number of phenols is 1. The number of hydrogen-bond donors (Lipinski definition) is 1. The summed E-state index contributed by atoms with van der Waals surface area (Å²) >= 11 is 0. The zero-order valence-electron chi connectivity index (χ0n) is 16.1. The van der Waals surface area contributed by atoms with Gasteiger partial charge >= 0.3 is 0 Å². The molecule has 1 N–H and O–H groups in total. The van der Waals surface area contributed by atoms with E-state index in [1.54, 1.807) is 12.3 Å². The van der Waals surface area contributed by atoms with E-state index < -0.39 is 0 Å². The number of phenolic OH excluding ortho intramolecular Hbond substituents is 1. The van der Waals surface area contributed by atoms with Gasteiger partial charge in [0.25, 0.3) is 0 Å². The van der Waals surface area contributed by atoms with Crippen LogP contribution in [0.25, 0.3) is 0 Å². The van der Waals surface area contributed by atoms with Crippen molar-refractivity contribution in [2.75, 3.05) is 0 Å². The number of aromatic hydroxyl groups is 1. The molecule has 0 heterocycles. The van der Waals surface area contributed by atoms with E-state index in [1.807, 2.05) is 48.5 Å². The average Bonchev–Trinajstić information content (AvgIpc) is 2.79. The van der Waals surface area contributed by atoms with E-state index in [4.69, 9.17) is 4.99 Å². The van der Waals surface area contributed by atoms with E-state index in [9.17, 15) is 5.11 Å². The molecule has 0 aromatic heterocycles. The molecule has 0 aliphatic rings. The van der Waals surface area contributed by atoms with Crippen LogP contribution in [0.4, 0.5) is 0 Å². The molecule has 0 saturated heterocycles. The highest BCUT2D eigenvalue weighted by Gasteiger charge is 2.25. The summed E-state index contributed by atoms with van der Waals surface area (Å²) in [5.74, 6) is 0.293. The monoisotopic (exact) mass is 377 g/mol. The highest BCUT2D eigenvalue weighted by molar-refractivity contribution is 5.83. The number of rotatable bonds is 6. The normalized spacial score (nSPS) is 12.3. The van der Waals surface area contributed by atoms with Crippen LogP contribution in [0.5, 0.6) is 5.75 Å². The molecule has 0 radical (unpaired) electrons. The van der Waals surface area contributed by atoms with Gasteiger partial charge in [-0.3, -0.25) is 4.99 Å². The summed E-state index contributed by atoms with van der Waals surface area (Å²) in [6.07, 6.45) is 1.78. The van der Waals surface area contributed by atoms with Crippen molar-refractivity contribution in [3.63, 3.8) is 0 Å². The fourth-order valence-electron chi connectivity index (χ4n) is 3.65. The molecule has 0 saturated carbocycles. The Morgan fingerprint density at radius 2 is 1.00 bits per heavy atom. The van der Waals surface area contributed by atoms with Crippen molar-refractivity contribution in [1.82, 2.24) is 0 Å². The molecule has 0 aliphatic carbocycles. The highest BCUT2D eigenvalue weighted by atomic mass is 16.3. The molecule has 142 valence electrons. The summed E-state index contributed by atoms with van der Waals surface area (Å²) in [6, 6.07) is 38.5. The first-order chi connectivity index (χ1) is 14.3. The number of para-hydroxylation sites is 1. The Hall–Kier alpha value is -3.65. The van der Waals surface area contributed by atoms with Gasteiger partial charge in [0.1, 0.15) is 5.75 Å². The zero-order valence-corrected chi connectivity index (χ0v) is 16.1. The van der Waals surface area contributed by atoms with E-state index in [1.165, 1.54) is 11.1 Å². The molecular formula is C27H23NO. The summed E-state index contributed by atoms with van der Waals surface area (Å²) in [5, 5.41) is 10.2. The lowest BCUT2D eigenvalue weighted by atomic mass is 9.82. The molecule has 29 heavy (non-hydrogen) atoms. The van der Waals surface area contributed by atoms with Crippen LogP contribution in [0.1, 0.15) is 34.2 Å². The van der Waals surface area contributed by atoms with E-state index in [-0.39, 0.29) is 17.7 Å². The third-order valence-corrected chi connectivity index (χ3v) is 5.09. The second-order valence-electron chi connectivity index (χ2n) is 6.99. The van der Waals surface area contributed by atoms with Crippen molar-refractivity contribution in [3.05, 3.63) is 138 Å². The number of benzene rings is 4. The first kappa shape index (κ1) is 18.7. The van der Waals surface area contributed by atoms with Crippen molar-refractivity contribution in [1.29, 1.82) is 0 Å². The van der Waals surface area contributed by atoms with Crippen molar-refractivity contribution in [2.24, 2.45) is 4.99 Å². The van der Waals surface area contributed by atoms with Gasteiger partial charge in [-0.2, -0.15) is 0 Å². The Balaban J connectivity index is 1.84. The van der Waals surface area contributed by atoms with Crippen molar-refractivity contribution in [2.45, 2.75) is 12.0 Å². The summed E-state index contributed by atoms with van der Waals surface area (Å²) in [5.41, 5.74) is 4.27. The van der Waals surface area contributed by atoms with Gasteiger partial charge in [0.15, 0.2) is 0 Å². The third-order valence-electron chi connectivity index (χ3n) is 5.09. The van der Waals surface area contributed by atoms with E-state index >= 15 is 0 Å². The van der Waals surface area contributed by atoms with E-state index in [0.717, 1.165) is 5.56 Å². The van der Waals surface area contributed by atoms with E-state index in [2.05, 4.69) is 60.7 Å². The molecule has 2 nitrogen and oxygen atoms in total. The predicted octanol–water partition coefficient (Wildman–Crippen LogP) is 6.38. The third kappa shape index (κ3) is 4.44. The first-order valence-electron chi connectivity index (χ1n) is 9.79. The van der Waals surface area contributed by atoms with Crippen LogP contribution >= 0.6 is 0 Å². The molecule has 4 aromatic carbocycles. The lowest BCUT2D eigenvalue weighted by Gasteiger charge is -2.26. The maximum atomic E-state index is 10.2. The van der Waals surface area contributed by atoms with Crippen molar-refractivity contribution in [3.8, 4) is 5.75 Å². The Morgan fingerprint density at radius 1 is 0.552 bits per heavy atom. The van der Waals surface area contributed by atoms with Crippen LogP contribution in [0.3, 0.4) is 0 Å². The summed E-state index contributed by atoms with van der Waals surface area (Å²) in [6.45, 7) is 0. The maximum Gasteiger partial charge on any atom is 0.124 e. The lowest BCUT2D eigenvalue weighted by Crippen LogP contribution is -2.12. The van der Waals surface area contributed by atoms with Crippen LogP contribution in [0, 0.1) is 0 Å². The Bertz CT molecular complexity index is 1020. The highest BCUT2D eigenvalue weighted by Crippen LogP contribution is 2.39. The molecule has 4 aromatic rings. The van der Waals surface area contributed by atoms with Gasteiger partial charge in [0.05, 0.1) is 6.04 Å². The smallest absolute Gasteiger partial charge is 0.124 e. The molecule has 0 amide bonds. The quantitative estimate of drug-likeness (QED) is 0.388. The van der Waals surface area contributed by atoms with Gasteiger partial charge in [-0.05, 0) is 28.8 Å². The van der Waals surface area contributed by atoms with Gasteiger partial charge in [0, 0.05) is 17.7 Å². The molecule has 2 heteroatoms. The lowest BCUT2D eigenvalue weighted by molar-refractivity contribution is 0.474. The van der Waals surface area contributed by atoms with Crippen molar-refractivity contribution < 1.29 is 5.11 Å². The number of aliphatic imine (C=N–C) groups is 1. The van der Waals surface area contributed by atoms with Gasteiger partial charge < -0.3 is 5.11 Å². The minimum atomic E-state index is -0.124. The molecule has 1 atom stereocenters. The van der Waals surface area contributed by atoms with E-state index in [0.29, 0.717) is 5.56 Å². The summed E-state index contributed by atoms with van der Waals surface area (Å²) < 4.78 is 0. The maximum absolute atomic E-state index is 10.2. The minimum Gasteiger partial charge on any atom is -0.507 e. The summed E-state index contributed by atoms with van der Waals surface area (Å²) in [4.78, 5) is 4.99. The van der Waals surface area contributed by atoms with Gasteiger partial charge in [-0.25, -0.2) is 0 Å². The van der Waals surface area contributed by atoms with Crippen LogP contribution in [-0.4, -0.2) is 11.3 Å². The average molecular weight is 377 g/mol. The predicted molar refractivity (Wildman–Crippen MR) is 120 cm³/mol. The summed E-state index contributed by atoms with van der Waals surface area (Å²) in [7, 11) is 0. The van der Waals surface area contributed by atoms with Crippen molar-refractivity contribution >= 4 is 6.21 Å². The SMILES string of the molecule is Oc1ccccc1C=N[C@@H](c1ccccc1)C(c1ccccc1)c1ccccc1. The standard InChI is InChI=1S/C27H23NO/c29-25-19-11-10-18-24(25)20-28-27(23-16-8-3-9-17-23)26(21-12-4-1-5-13-21)22-14-6-2-7-15-22/h1-20,26-27,29H/t27-/m0/s1. The molecule has 0 unspecified atom stereocenters. The zero-order chi connectivity index (χ0) is 19.9. The van der Waals surface area contributed by atoms with Gasteiger partial charge in [-0.15, -0.1) is 0 Å². The number of hydrogen-bond acceptors (Lipinski definition) is 2. The molecular weight excluding hydrogens is 354 g/mol. The van der Waals surface area contributed by atoms with Crippen LogP contribution < -0.4 is 0 Å². The Morgan fingerprint density at radius 3 is 1.52 bits per heavy atom. The fraction of sp³-hybridized carbons (Fsp3) is 0.0741. The molecule has 0 bridgehead atoms.